The number of carbonyl (C=O) groups is 1. The fraction of sp³-hybridized carbons (Fsp3) is 0.261. The van der Waals surface area contributed by atoms with Crippen LogP contribution in [0.25, 0.3) is 22.9 Å². The Labute approximate surface area is 197 Å². The van der Waals surface area contributed by atoms with Gasteiger partial charge in [-0.2, -0.15) is 5.10 Å². The number of hydrogen-bond acceptors (Lipinski definition) is 7. The third-order valence-electron chi connectivity index (χ3n) is 5.92. The Morgan fingerprint density at radius 2 is 2.00 bits per heavy atom. The molecule has 0 amide bonds. The summed E-state index contributed by atoms with van der Waals surface area (Å²) in [7, 11) is 1.61. The lowest BCUT2D eigenvalue weighted by Crippen LogP contribution is -2.33. The Balaban J connectivity index is 1.51. The molecule has 3 aromatic heterocycles. The molecule has 4 aromatic rings. The standard InChI is InChI=1S/C23H20F2N6O2S/c1-30(12-23(6-7-23)22(32)33)21-16(25)9-26-20(28-21)17-8-19(18-11-34-13-27-18)31(29-17)10-14-4-2-3-5-15(14)24/h2-5,8-9,11,13H,6-7,10,12H2,1H3,(H,32,33). The summed E-state index contributed by atoms with van der Waals surface area (Å²) in [6.45, 7) is 0.302. The molecule has 1 N–H and O–H groups in total. The summed E-state index contributed by atoms with van der Waals surface area (Å²) in [5.74, 6) is -1.73. The Kier molecular flexibility index (Phi) is 5.56. The second-order valence-corrected chi connectivity index (χ2v) is 9.06. The highest BCUT2D eigenvalue weighted by Crippen LogP contribution is 2.46. The molecule has 1 aliphatic carbocycles. The van der Waals surface area contributed by atoms with E-state index in [4.69, 9.17) is 0 Å². The number of hydrogen-bond donors (Lipinski definition) is 1. The molecule has 1 aromatic carbocycles. The van der Waals surface area contributed by atoms with Crippen LogP contribution in [0.15, 0.2) is 47.4 Å². The molecule has 0 aliphatic heterocycles. The molecule has 1 fully saturated rings. The number of aliphatic carboxylic acids is 1. The van der Waals surface area contributed by atoms with E-state index < -0.39 is 17.2 Å². The van der Waals surface area contributed by atoms with E-state index in [9.17, 15) is 18.7 Å². The third kappa shape index (κ3) is 4.14. The molecule has 34 heavy (non-hydrogen) atoms. The normalized spacial score (nSPS) is 14.2. The molecule has 0 radical (unpaired) electrons. The zero-order chi connectivity index (χ0) is 23.9. The molecule has 5 rings (SSSR count). The maximum atomic E-state index is 14.6. The molecular formula is C23H20F2N6O2S. The first kappa shape index (κ1) is 22.1. The highest BCUT2D eigenvalue weighted by Gasteiger charge is 2.51. The molecule has 8 nitrogen and oxygen atoms in total. The van der Waals surface area contributed by atoms with Gasteiger partial charge < -0.3 is 10.0 Å². The van der Waals surface area contributed by atoms with Crippen molar-refractivity contribution in [2.75, 3.05) is 18.5 Å². The first-order valence-corrected chi connectivity index (χ1v) is 11.5. The van der Waals surface area contributed by atoms with Crippen LogP contribution in [0.3, 0.4) is 0 Å². The fourth-order valence-electron chi connectivity index (χ4n) is 3.85. The SMILES string of the molecule is CN(CC1(C(=O)O)CC1)c1nc(-c2cc(-c3cscn3)n(Cc3ccccc3F)n2)ncc1F. The summed E-state index contributed by atoms with van der Waals surface area (Å²) >= 11 is 1.42. The Morgan fingerprint density at radius 3 is 2.68 bits per heavy atom. The highest BCUT2D eigenvalue weighted by atomic mass is 32.1. The highest BCUT2D eigenvalue weighted by molar-refractivity contribution is 7.07. The van der Waals surface area contributed by atoms with Crippen molar-refractivity contribution in [3.05, 3.63) is 64.6 Å². The van der Waals surface area contributed by atoms with Crippen LogP contribution in [0, 0.1) is 17.0 Å². The van der Waals surface area contributed by atoms with E-state index in [2.05, 4.69) is 20.1 Å². The van der Waals surface area contributed by atoms with Crippen LogP contribution < -0.4 is 4.90 Å². The van der Waals surface area contributed by atoms with Gasteiger partial charge >= 0.3 is 5.97 Å². The van der Waals surface area contributed by atoms with Crippen molar-refractivity contribution >= 4 is 23.1 Å². The van der Waals surface area contributed by atoms with Gasteiger partial charge in [-0.25, -0.2) is 23.7 Å². The molecule has 1 aliphatic rings. The van der Waals surface area contributed by atoms with Crippen molar-refractivity contribution in [1.82, 2.24) is 24.7 Å². The molecule has 1 saturated carbocycles. The smallest absolute Gasteiger partial charge is 0.311 e. The molecule has 11 heteroatoms. The van der Waals surface area contributed by atoms with Gasteiger partial charge in [0.1, 0.15) is 11.5 Å². The topological polar surface area (TPSA) is 97.0 Å². The van der Waals surface area contributed by atoms with E-state index in [-0.39, 0.29) is 30.5 Å². The summed E-state index contributed by atoms with van der Waals surface area (Å²) in [4.78, 5) is 25.8. The quantitative estimate of drug-likeness (QED) is 0.404. The van der Waals surface area contributed by atoms with Gasteiger partial charge in [-0.3, -0.25) is 9.48 Å². The van der Waals surface area contributed by atoms with Crippen LogP contribution >= 0.6 is 11.3 Å². The number of carboxylic acid groups (broad SMARTS) is 1. The van der Waals surface area contributed by atoms with Crippen molar-refractivity contribution < 1.29 is 18.7 Å². The summed E-state index contributed by atoms with van der Waals surface area (Å²) in [6.07, 6.45) is 2.14. The van der Waals surface area contributed by atoms with Crippen LogP contribution in [0.5, 0.6) is 0 Å². The van der Waals surface area contributed by atoms with E-state index in [0.717, 1.165) is 6.20 Å². The summed E-state index contributed by atoms with van der Waals surface area (Å²) < 4.78 is 30.5. The third-order valence-corrected chi connectivity index (χ3v) is 6.50. The second-order valence-electron chi connectivity index (χ2n) is 8.34. The first-order valence-electron chi connectivity index (χ1n) is 10.5. The molecular weight excluding hydrogens is 462 g/mol. The molecule has 0 unspecified atom stereocenters. The van der Waals surface area contributed by atoms with E-state index in [1.165, 1.54) is 22.3 Å². The minimum Gasteiger partial charge on any atom is -0.481 e. The monoisotopic (exact) mass is 482 g/mol. The number of halogens is 2. The van der Waals surface area contributed by atoms with Crippen LogP contribution in [0.2, 0.25) is 0 Å². The Bertz CT molecular complexity index is 1350. The van der Waals surface area contributed by atoms with Crippen LogP contribution in [-0.4, -0.2) is 49.4 Å². The van der Waals surface area contributed by atoms with Gasteiger partial charge in [-0.05, 0) is 25.0 Å². The van der Waals surface area contributed by atoms with E-state index in [0.29, 0.717) is 35.5 Å². The van der Waals surface area contributed by atoms with Crippen molar-refractivity contribution in [3.8, 4) is 22.9 Å². The lowest BCUT2D eigenvalue weighted by atomic mass is 10.1. The Morgan fingerprint density at radius 1 is 1.21 bits per heavy atom. The predicted molar refractivity (Wildman–Crippen MR) is 122 cm³/mol. The number of nitrogens with zero attached hydrogens (tertiary/aromatic N) is 6. The van der Waals surface area contributed by atoms with Gasteiger partial charge in [0.25, 0.3) is 0 Å². The van der Waals surface area contributed by atoms with Gasteiger partial charge in [0.15, 0.2) is 17.5 Å². The number of anilines is 1. The minimum atomic E-state index is -0.895. The van der Waals surface area contributed by atoms with Gasteiger partial charge in [0.05, 0.1) is 35.1 Å². The lowest BCUT2D eigenvalue weighted by Gasteiger charge is -2.22. The lowest BCUT2D eigenvalue weighted by molar-refractivity contribution is -0.142. The maximum Gasteiger partial charge on any atom is 0.311 e. The predicted octanol–water partition coefficient (Wildman–Crippen LogP) is 4.09. The number of thiazole rings is 1. The molecule has 174 valence electrons. The van der Waals surface area contributed by atoms with Crippen molar-refractivity contribution in [2.45, 2.75) is 19.4 Å². The van der Waals surface area contributed by atoms with Gasteiger partial charge in [0, 0.05) is 24.5 Å². The summed E-state index contributed by atoms with van der Waals surface area (Å²) in [5, 5.41) is 15.9. The zero-order valence-electron chi connectivity index (χ0n) is 18.2. The number of benzene rings is 1. The molecule has 0 saturated heterocycles. The first-order chi connectivity index (χ1) is 16.4. The fourth-order valence-corrected chi connectivity index (χ4v) is 4.39. The van der Waals surface area contributed by atoms with Crippen LogP contribution in [0.4, 0.5) is 14.6 Å². The van der Waals surface area contributed by atoms with E-state index >= 15 is 0 Å². The molecule has 0 spiro atoms. The number of aromatic nitrogens is 5. The summed E-state index contributed by atoms with van der Waals surface area (Å²) in [5.41, 5.74) is 2.95. The summed E-state index contributed by atoms with van der Waals surface area (Å²) in [6, 6.07) is 8.17. The van der Waals surface area contributed by atoms with Crippen molar-refractivity contribution in [3.63, 3.8) is 0 Å². The van der Waals surface area contributed by atoms with Gasteiger partial charge in [0.2, 0.25) is 0 Å². The van der Waals surface area contributed by atoms with Crippen molar-refractivity contribution in [2.24, 2.45) is 5.41 Å². The Hall–Kier alpha value is -3.73. The van der Waals surface area contributed by atoms with Gasteiger partial charge in [-0.15, -0.1) is 11.3 Å². The second kappa shape index (κ2) is 8.56. The minimum absolute atomic E-state index is 0.00335. The average Bonchev–Trinajstić information content (AvgIpc) is 3.20. The average molecular weight is 483 g/mol. The zero-order valence-corrected chi connectivity index (χ0v) is 19.0. The van der Waals surface area contributed by atoms with Gasteiger partial charge in [-0.1, -0.05) is 18.2 Å². The van der Waals surface area contributed by atoms with Crippen LogP contribution in [0.1, 0.15) is 18.4 Å². The maximum absolute atomic E-state index is 14.6. The molecule has 3 heterocycles. The van der Waals surface area contributed by atoms with Crippen LogP contribution in [-0.2, 0) is 11.3 Å². The largest absolute Gasteiger partial charge is 0.481 e. The molecule has 0 atom stereocenters. The van der Waals surface area contributed by atoms with E-state index in [1.54, 1.807) is 41.5 Å². The van der Waals surface area contributed by atoms with E-state index in [1.807, 2.05) is 5.38 Å². The van der Waals surface area contributed by atoms with Crippen molar-refractivity contribution in [1.29, 1.82) is 0 Å². The molecule has 0 bridgehead atoms. The number of carboxylic acids is 1. The number of rotatable bonds is 8.